The number of ketones is 1. The summed E-state index contributed by atoms with van der Waals surface area (Å²) in [4.78, 5) is 12.1. The van der Waals surface area contributed by atoms with E-state index in [1.165, 1.54) is 6.08 Å². The molecular weight excluding hydrogens is 367 g/mol. The SMILES string of the molecule is O=C(/C=C/c1cc(-c2ccc(Cl)c(Cl)c2)n[nH]1)c1ccc(Cl)cc1. The van der Waals surface area contributed by atoms with Crippen molar-refractivity contribution in [2.45, 2.75) is 0 Å². The van der Waals surface area contributed by atoms with Crippen LogP contribution in [0.25, 0.3) is 17.3 Å². The number of rotatable bonds is 4. The second kappa shape index (κ2) is 7.22. The first-order valence-electron chi connectivity index (χ1n) is 7.02. The zero-order valence-corrected chi connectivity index (χ0v) is 14.5. The summed E-state index contributed by atoms with van der Waals surface area (Å²) in [6.45, 7) is 0. The van der Waals surface area contributed by atoms with Crippen LogP contribution in [0.1, 0.15) is 16.1 Å². The molecule has 120 valence electrons. The molecule has 0 aliphatic heterocycles. The van der Waals surface area contributed by atoms with Crippen molar-refractivity contribution in [1.82, 2.24) is 10.2 Å². The molecule has 0 saturated heterocycles. The van der Waals surface area contributed by atoms with Crippen molar-refractivity contribution >= 4 is 46.7 Å². The highest BCUT2D eigenvalue weighted by atomic mass is 35.5. The van der Waals surface area contributed by atoms with Gasteiger partial charge in [-0.2, -0.15) is 5.10 Å². The number of aromatic nitrogens is 2. The fourth-order valence-corrected chi connectivity index (χ4v) is 2.53. The number of allylic oxidation sites excluding steroid dienone is 1. The lowest BCUT2D eigenvalue weighted by Crippen LogP contribution is -1.93. The third kappa shape index (κ3) is 3.88. The Labute approximate surface area is 153 Å². The number of carbonyl (C=O) groups is 1. The van der Waals surface area contributed by atoms with Gasteiger partial charge in [0.25, 0.3) is 0 Å². The molecule has 1 heterocycles. The first kappa shape index (κ1) is 16.8. The van der Waals surface area contributed by atoms with Crippen molar-refractivity contribution in [3.8, 4) is 11.3 Å². The Morgan fingerprint density at radius 3 is 2.42 bits per heavy atom. The van der Waals surface area contributed by atoms with Gasteiger partial charge < -0.3 is 0 Å². The number of nitrogens with zero attached hydrogens (tertiary/aromatic N) is 1. The topological polar surface area (TPSA) is 45.8 Å². The molecule has 3 aromatic rings. The first-order chi connectivity index (χ1) is 11.5. The van der Waals surface area contributed by atoms with Crippen LogP contribution in [0.5, 0.6) is 0 Å². The molecule has 1 aromatic heterocycles. The number of benzene rings is 2. The van der Waals surface area contributed by atoms with E-state index in [4.69, 9.17) is 34.8 Å². The molecule has 0 unspecified atom stereocenters. The second-order valence-electron chi connectivity index (χ2n) is 5.04. The van der Waals surface area contributed by atoms with Crippen LogP contribution in [-0.4, -0.2) is 16.0 Å². The van der Waals surface area contributed by atoms with Gasteiger partial charge in [-0.25, -0.2) is 0 Å². The van der Waals surface area contributed by atoms with Crippen LogP contribution in [0, 0.1) is 0 Å². The number of hydrogen-bond donors (Lipinski definition) is 1. The molecule has 3 nitrogen and oxygen atoms in total. The molecule has 0 spiro atoms. The van der Waals surface area contributed by atoms with Gasteiger partial charge in [0.1, 0.15) is 0 Å². The molecule has 6 heteroatoms. The van der Waals surface area contributed by atoms with E-state index in [1.807, 2.05) is 12.1 Å². The average molecular weight is 378 g/mol. The maximum absolute atomic E-state index is 12.1. The van der Waals surface area contributed by atoms with Crippen LogP contribution in [0.4, 0.5) is 0 Å². The van der Waals surface area contributed by atoms with Crippen LogP contribution in [0.2, 0.25) is 15.1 Å². The highest BCUT2D eigenvalue weighted by Crippen LogP contribution is 2.27. The molecular formula is C18H11Cl3N2O. The lowest BCUT2D eigenvalue weighted by molar-refractivity contribution is 0.104. The fourth-order valence-electron chi connectivity index (χ4n) is 2.10. The highest BCUT2D eigenvalue weighted by Gasteiger charge is 2.06. The van der Waals surface area contributed by atoms with Crippen molar-refractivity contribution in [3.05, 3.63) is 80.9 Å². The molecule has 0 radical (unpaired) electrons. The predicted molar refractivity (Wildman–Crippen MR) is 98.9 cm³/mol. The summed E-state index contributed by atoms with van der Waals surface area (Å²) in [5.74, 6) is -0.114. The van der Waals surface area contributed by atoms with Crippen LogP contribution in [-0.2, 0) is 0 Å². The zero-order valence-electron chi connectivity index (χ0n) is 12.3. The van der Waals surface area contributed by atoms with Gasteiger partial charge in [-0.3, -0.25) is 9.89 Å². The number of H-pyrrole nitrogens is 1. The minimum absolute atomic E-state index is 0.114. The van der Waals surface area contributed by atoms with Crippen molar-refractivity contribution in [2.75, 3.05) is 0 Å². The molecule has 0 saturated carbocycles. The van der Waals surface area contributed by atoms with Crippen LogP contribution in [0.15, 0.2) is 54.6 Å². The van der Waals surface area contributed by atoms with Gasteiger partial charge in [0.15, 0.2) is 5.78 Å². The van der Waals surface area contributed by atoms with Gasteiger partial charge >= 0.3 is 0 Å². The third-order valence-corrected chi connectivity index (χ3v) is 4.35. The molecule has 3 rings (SSSR count). The lowest BCUT2D eigenvalue weighted by Gasteiger charge is -1.98. The minimum Gasteiger partial charge on any atom is -0.289 e. The molecule has 0 aliphatic carbocycles. The lowest BCUT2D eigenvalue weighted by atomic mass is 10.1. The summed E-state index contributed by atoms with van der Waals surface area (Å²) in [6, 6.07) is 13.8. The standard InChI is InChI=1S/C18H11Cl3N2O/c19-13-4-1-11(2-5-13)18(24)8-6-14-10-17(23-22-14)12-3-7-15(20)16(21)9-12/h1-10H,(H,22,23)/b8-6+. The molecule has 0 bridgehead atoms. The van der Waals surface area contributed by atoms with Crippen LogP contribution >= 0.6 is 34.8 Å². The summed E-state index contributed by atoms with van der Waals surface area (Å²) in [6.07, 6.45) is 3.15. The van der Waals surface area contributed by atoms with Crippen molar-refractivity contribution in [2.24, 2.45) is 0 Å². The van der Waals surface area contributed by atoms with Gasteiger partial charge in [-0.15, -0.1) is 0 Å². The van der Waals surface area contributed by atoms with Gasteiger partial charge in [0.2, 0.25) is 0 Å². The predicted octanol–water partition coefficient (Wildman–Crippen LogP) is 5.93. The molecule has 0 fully saturated rings. The summed E-state index contributed by atoms with van der Waals surface area (Å²) < 4.78 is 0. The van der Waals surface area contributed by atoms with Crippen molar-refractivity contribution in [3.63, 3.8) is 0 Å². The number of halogens is 3. The van der Waals surface area contributed by atoms with Gasteiger partial charge in [-0.1, -0.05) is 40.9 Å². The Bertz CT molecular complexity index is 914. The molecule has 0 atom stereocenters. The Morgan fingerprint density at radius 1 is 0.958 bits per heavy atom. The Kier molecular flexibility index (Phi) is 5.05. The summed E-state index contributed by atoms with van der Waals surface area (Å²) in [5.41, 5.74) is 2.83. The molecule has 1 N–H and O–H groups in total. The monoisotopic (exact) mass is 376 g/mol. The largest absolute Gasteiger partial charge is 0.289 e. The maximum atomic E-state index is 12.1. The number of carbonyl (C=O) groups excluding carboxylic acids is 1. The first-order valence-corrected chi connectivity index (χ1v) is 8.15. The summed E-state index contributed by atoms with van der Waals surface area (Å²) >= 11 is 17.7. The average Bonchev–Trinajstić information content (AvgIpc) is 3.05. The second-order valence-corrected chi connectivity index (χ2v) is 6.29. The van der Waals surface area contributed by atoms with E-state index in [1.54, 1.807) is 42.5 Å². The minimum atomic E-state index is -0.114. The summed E-state index contributed by atoms with van der Waals surface area (Å²) in [5, 5.41) is 8.63. The Hall–Kier alpha value is -2.07. The Morgan fingerprint density at radius 2 is 1.71 bits per heavy atom. The quantitative estimate of drug-likeness (QED) is 0.452. The number of nitrogens with one attached hydrogen (secondary N) is 1. The van der Waals surface area contributed by atoms with Gasteiger partial charge in [-0.05, 0) is 54.6 Å². The van der Waals surface area contributed by atoms with Gasteiger partial charge in [0, 0.05) is 16.1 Å². The summed E-state index contributed by atoms with van der Waals surface area (Å²) in [7, 11) is 0. The van der Waals surface area contributed by atoms with Gasteiger partial charge in [0.05, 0.1) is 21.4 Å². The number of aromatic amines is 1. The van der Waals surface area contributed by atoms with Crippen molar-refractivity contribution < 1.29 is 4.79 Å². The number of hydrogen-bond acceptors (Lipinski definition) is 2. The van der Waals surface area contributed by atoms with Crippen LogP contribution < -0.4 is 0 Å². The third-order valence-electron chi connectivity index (χ3n) is 3.36. The highest BCUT2D eigenvalue weighted by molar-refractivity contribution is 6.42. The van der Waals surface area contributed by atoms with E-state index in [-0.39, 0.29) is 5.78 Å². The zero-order chi connectivity index (χ0) is 17.1. The van der Waals surface area contributed by atoms with E-state index in [9.17, 15) is 4.79 Å². The van der Waals surface area contributed by atoms with Crippen molar-refractivity contribution in [1.29, 1.82) is 0 Å². The van der Waals surface area contributed by atoms with E-state index < -0.39 is 0 Å². The molecule has 0 amide bonds. The van der Waals surface area contributed by atoms with E-state index in [0.717, 1.165) is 5.56 Å². The maximum Gasteiger partial charge on any atom is 0.185 e. The van der Waals surface area contributed by atoms with Crippen LogP contribution in [0.3, 0.4) is 0 Å². The molecule has 2 aromatic carbocycles. The van der Waals surface area contributed by atoms with E-state index >= 15 is 0 Å². The normalized spacial score (nSPS) is 11.1. The van der Waals surface area contributed by atoms with E-state index in [0.29, 0.717) is 32.0 Å². The van der Waals surface area contributed by atoms with E-state index in [2.05, 4.69) is 10.2 Å². The smallest absolute Gasteiger partial charge is 0.185 e. The Balaban J connectivity index is 1.77. The molecule has 24 heavy (non-hydrogen) atoms. The molecule has 0 aliphatic rings. The fraction of sp³-hybridized carbons (Fsp3) is 0.